The van der Waals surface area contributed by atoms with Gasteiger partial charge in [0.25, 0.3) is 0 Å². The normalized spacial score (nSPS) is 10.4. The molecular weight excluding hydrogens is 321 g/mol. The van der Waals surface area contributed by atoms with Gasteiger partial charge in [-0.15, -0.1) is 0 Å². The van der Waals surface area contributed by atoms with Crippen molar-refractivity contribution in [3.63, 3.8) is 0 Å². The fourth-order valence-electron chi connectivity index (χ4n) is 2.07. The van der Waals surface area contributed by atoms with Crippen molar-refractivity contribution in [3.8, 4) is 11.5 Å². The van der Waals surface area contributed by atoms with Crippen LogP contribution in [0.5, 0.6) is 11.5 Å². The smallest absolute Gasteiger partial charge is 0.179 e. The van der Waals surface area contributed by atoms with Gasteiger partial charge in [0.2, 0.25) is 0 Å². The average molecular weight is 340 g/mol. The Hall–Kier alpha value is -1.58. The van der Waals surface area contributed by atoms with Gasteiger partial charge in [0.1, 0.15) is 0 Å². The highest BCUT2D eigenvalue weighted by Gasteiger charge is 2.12. The molecule has 0 fully saturated rings. The molecule has 2 rings (SSSR count). The van der Waals surface area contributed by atoms with E-state index in [1.807, 2.05) is 50.2 Å². The average Bonchev–Trinajstić information content (AvgIpc) is 2.50. The summed E-state index contributed by atoms with van der Waals surface area (Å²) in [5, 5.41) is 4.52. The lowest BCUT2D eigenvalue weighted by molar-refractivity contribution is 0.287. The standard InChI is InChI=1S/C17H19Cl2NO2/c1-3-21-16-10-12(9-14(19)17(16)22-4-2)11-20-15-8-6-5-7-13(15)18/h5-10,20H,3-4,11H2,1-2H3. The molecule has 3 nitrogen and oxygen atoms in total. The van der Waals surface area contributed by atoms with E-state index in [4.69, 9.17) is 32.7 Å². The molecule has 0 saturated heterocycles. The first-order valence-electron chi connectivity index (χ1n) is 7.22. The molecule has 2 aromatic rings. The maximum atomic E-state index is 6.30. The fourth-order valence-corrected chi connectivity index (χ4v) is 2.56. The molecule has 1 N–H and O–H groups in total. The monoisotopic (exact) mass is 339 g/mol. The van der Waals surface area contributed by atoms with Crippen molar-refractivity contribution < 1.29 is 9.47 Å². The van der Waals surface area contributed by atoms with Gasteiger partial charge in [-0.3, -0.25) is 0 Å². The Bertz CT molecular complexity index is 632. The lowest BCUT2D eigenvalue weighted by atomic mass is 10.2. The van der Waals surface area contributed by atoms with Crippen LogP contribution in [0.15, 0.2) is 36.4 Å². The molecular formula is C17H19Cl2NO2. The molecule has 2 aromatic carbocycles. The lowest BCUT2D eigenvalue weighted by Gasteiger charge is -2.15. The number of halogens is 2. The number of hydrogen-bond donors (Lipinski definition) is 1. The number of nitrogens with one attached hydrogen (secondary N) is 1. The molecule has 5 heteroatoms. The molecule has 0 radical (unpaired) electrons. The van der Waals surface area contributed by atoms with Crippen LogP contribution in [0.2, 0.25) is 10.0 Å². The summed E-state index contributed by atoms with van der Waals surface area (Å²) in [6.07, 6.45) is 0. The molecule has 0 unspecified atom stereocenters. The first-order valence-corrected chi connectivity index (χ1v) is 7.97. The van der Waals surface area contributed by atoms with Gasteiger partial charge in [0.15, 0.2) is 11.5 Å². The van der Waals surface area contributed by atoms with E-state index in [9.17, 15) is 0 Å². The van der Waals surface area contributed by atoms with E-state index in [1.165, 1.54) is 0 Å². The third-order valence-electron chi connectivity index (χ3n) is 3.01. The highest BCUT2D eigenvalue weighted by atomic mass is 35.5. The van der Waals surface area contributed by atoms with E-state index < -0.39 is 0 Å². The first kappa shape index (κ1) is 16.8. The van der Waals surface area contributed by atoms with Crippen LogP contribution < -0.4 is 14.8 Å². The summed E-state index contributed by atoms with van der Waals surface area (Å²) in [7, 11) is 0. The predicted octanol–water partition coefficient (Wildman–Crippen LogP) is 5.40. The van der Waals surface area contributed by atoms with Crippen molar-refractivity contribution in [3.05, 3.63) is 52.0 Å². The fraction of sp³-hybridized carbons (Fsp3) is 0.294. The number of rotatable bonds is 7. The van der Waals surface area contributed by atoms with Gasteiger partial charge < -0.3 is 14.8 Å². The molecule has 0 saturated carbocycles. The molecule has 0 aromatic heterocycles. The Balaban J connectivity index is 2.19. The zero-order chi connectivity index (χ0) is 15.9. The van der Waals surface area contributed by atoms with Gasteiger partial charge >= 0.3 is 0 Å². The van der Waals surface area contributed by atoms with Gasteiger partial charge in [-0.2, -0.15) is 0 Å². The number of ether oxygens (including phenoxy) is 2. The van der Waals surface area contributed by atoms with Crippen LogP contribution in [0.4, 0.5) is 5.69 Å². The summed E-state index contributed by atoms with van der Waals surface area (Å²) >= 11 is 12.4. The van der Waals surface area contributed by atoms with Crippen LogP contribution in [0.3, 0.4) is 0 Å². The van der Waals surface area contributed by atoms with Crippen LogP contribution in [0.25, 0.3) is 0 Å². The zero-order valence-electron chi connectivity index (χ0n) is 12.7. The minimum atomic E-state index is 0.539. The number of anilines is 1. The summed E-state index contributed by atoms with van der Waals surface area (Å²) < 4.78 is 11.2. The van der Waals surface area contributed by atoms with Crippen molar-refractivity contribution >= 4 is 28.9 Å². The number of benzene rings is 2. The quantitative estimate of drug-likeness (QED) is 0.732. The van der Waals surface area contributed by atoms with E-state index in [0.717, 1.165) is 11.3 Å². The minimum Gasteiger partial charge on any atom is -0.490 e. The van der Waals surface area contributed by atoms with E-state index in [1.54, 1.807) is 0 Å². The topological polar surface area (TPSA) is 30.5 Å². The number of para-hydroxylation sites is 1. The second-order valence-corrected chi connectivity index (χ2v) is 5.42. The van der Waals surface area contributed by atoms with Crippen molar-refractivity contribution in [2.24, 2.45) is 0 Å². The third kappa shape index (κ3) is 4.21. The summed E-state index contributed by atoms with van der Waals surface area (Å²) in [6, 6.07) is 11.4. The Morgan fingerprint density at radius 3 is 2.36 bits per heavy atom. The molecule has 0 atom stereocenters. The molecule has 118 valence electrons. The van der Waals surface area contributed by atoms with Crippen LogP contribution in [-0.4, -0.2) is 13.2 Å². The van der Waals surface area contributed by atoms with Crippen LogP contribution in [0.1, 0.15) is 19.4 Å². The van der Waals surface area contributed by atoms with Crippen molar-refractivity contribution in [2.75, 3.05) is 18.5 Å². The van der Waals surface area contributed by atoms with E-state index in [0.29, 0.717) is 41.3 Å². The largest absolute Gasteiger partial charge is 0.490 e. The molecule has 0 aliphatic heterocycles. The summed E-state index contributed by atoms with van der Waals surface area (Å²) in [6.45, 7) is 5.53. The number of hydrogen-bond acceptors (Lipinski definition) is 3. The second-order valence-electron chi connectivity index (χ2n) is 4.60. The van der Waals surface area contributed by atoms with E-state index in [2.05, 4.69) is 5.32 Å². The zero-order valence-corrected chi connectivity index (χ0v) is 14.2. The van der Waals surface area contributed by atoms with Crippen molar-refractivity contribution in [1.29, 1.82) is 0 Å². The van der Waals surface area contributed by atoms with Crippen LogP contribution in [0, 0.1) is 0 Å². The molecule has 0 spiro atoms. The van der Waals surface area contributed by atoms with Crippen LogP contribution in [-0.2, 0) is 6.54 Å². The molecule has 0 bridgehead atoms. The van der Waals surface area contributed by atoms with Crippen molar-refractivity contribution in [2.45, 2.75) is 20.4 Å². The van der Waals surface area contributed by atoms with Gasteiger partial charge in [-0.05, 0) is 43.7 Å². The highest BCUT2D eigenvalue weighted by Crippen LogP contribution is 2.37. The molecule has 0 heterocycles. The SMILES string of the molecule is CCOc1cc(CNc2ccccc2Cl)cc(Cl)c1OCC. The molecule has 0 aliphatic carbocycles. The Morgan fingerprint density at radius 1 is 0.955 bits per heavy atom. The van der Waals surface area contributed by atoms with E-state index in [-0.39, 0.29) is 0 Å². The molecule has 0 aliphatic rings. The second kappa shape index (κ2) is 8.16. The predicted molar refractivity (Wildman–Crippen MR) is 92.6 cm³/mol. The van der Waals surface area contributed by atoms with Crippen molar-refractivity contribution in [1.82, 2.24) is 0 Å². The van der Waals surface area contributed by atoms with E-state index >= 15 is 0 Å². The van der Waals surface area contributed by atoms with Gasteiger partial charge in [0.05, 0.1) is 28.9 Å². The Morgan fingerprint density at radius 2 is 1.68 bits per heavy atom. The van der Waals surface area contributed by atoms with Gasteiger partial charge in [-0.25, -0.2) is 0 Å². The maximum absolute atomic E-state index is 6.30. The highest BCUT2D eigenvalue weighted by molar-refractivity contribution is 6.33. The summed E-state index contributed by atoms with van der Waals surface area (Å²) in [5.74, 6) is 1.25. The van der Waals surface area contributed by atoms with Crippen LogP contribution >= 0.6 is 23.2 Å². The Kier molecular flexibility index (Phi) is 6.22. The van der Waals surface area contributed by atoms with Gasteiger partial charge in [-0.1, -0.05) is 35.3 Å². The third-order valence-corrected chi connectivity index (χ3v) is 3.62. The Labute approximate surface area is 141 Å². The van der Waals surface area contributed by atoms with Gasteiger partial charge in [0, 0.05) is 6.54 Å². The first-order chi connectivity index (χ1) is 10.7. The summed E-state index contributed by atoms with van der Waals surface area (Å²) in [4.78, 5) is 0. The minimum absolute atomic E-state index is 0.539. The summed E-state index contributed by atoms with van der Waals surface area (Å²) in [5.41, 5.74) is 1.88. The molecule has 22 heavy (non-hydrogen) atoms. The molecule has 0 amide bonds. The maximum Gasteiger partial charge on any atom is 0.179 e. The lowest BCUT2D eigenvalue weighted by Crippen LogP contribution is -2.03.